The lowest BCUT2D eigenvalue weighted by atomic mass is 9.90. The summed E-state index contributed by atoms with van der Waals surface area (Å²) in [7, 11) is 0. The van der Waals surface area contributed by atoms with Crippen LogP contribution in [-0.2, 0) is 4.74 Å². The Kier molecular flexibility index (Phi) is 4.22. The molecule has 1 N–H and O–H groups in total. The van der Waals surface area contributed by atoms with E-state index in [9.17, 15) is 5.11 Å². The Bertz CT molecular complexity index is 222. The Labute approximate surface area is 98.8 Å². The lowest BCUT2D eigenvalue weighted by Crippen LogP contribution is -2.54. The third kappa shape index (κ3) is 2.76. The SMILES string of the molecule is CCC1COC(C)CN1C1CCCC(O)C1. The molecule has 94 valence electrons. The summed E-state index contributed by atoms with van der Waals surface area (Å²) in [5.41, 5.74) is 0. The van der Waals surface area contributed by atoms with Crippen molar-refractivity contribution in [3.8, 4) is 0 Å². The van der Waals surface area contributed by atoms with Crippen molar-refractivity contribution >= 4 is 0 Å². The summed E-state index contributed by atoms with van der Waals surface area (Å²) < 4.78 is 5.73. The van der Waals surface area contributed by atoms with Gasteiger partial charge >= 0.3 is 0 Å². The van der Waals surface area contributed by atoms with Gasteiger partial charge in [0, 0.05) is 18.6 Å². The first-order valence-electron chi connectivity index (χ1n) is 6.76. The molecule has 2 aliphatic rings. The summed E-state index contributed by atoms with van der Waals surface area (Å²) in [4.78, 5) is 2.59. The molecular formula is C13H25NO2. The zero-order valence-corrected chi connectivity index (χ0v) is 10.6. The van der Waals surface area contributed by atoms with E-state index in [1.165, 1.54) is 12.8 Å². The molecule has 3 heteroatoms. The molecule has 1 aliphatic carbocycles. The highest BCUT2D eigenvalue weighted by atomic mass is 16.5. The van der Waals surface area contributed by atoms with E-state index < -0.39 is 0 Å². The zero-order chi connectivity index (χ0) is 11.5. The molecule has 4 unspecified atom stereocenters. The van der Waals surface area contributed by atoms with E-state index in [1.807, 2.05) is 0 Å². The van der Waals surface area contributed by atoms with Gasteiger partial charge in [0.25, 0.3) is 0 Å². The van der Waals surface area contributed by atoms with Crippen molar-refractivity contribution in [2.45, 2.75) is 70.2 Å². The van der Waals surface area contributed by atoms with Crippen LogP contribution in [0.2, 0.25) is 0 Å². The summed E-state index contributed by atoms with van der Waals surface area (Å²) in [6.07, 6.45) is 5.81. The van der Waals surface area contributed by atoms with Gasteiger partial charge in [-0.3, -0.25) is 4.90 Å². The fourth-order valence-electron chi connectivity index (χ4n) is 3.11. The summed E-state index contributed by atoms with van der Waals surface area (Å²) >= 11 is 0. The van der Waals surface area contributed by atoms with E-state index in [0.717, 1.165) is 32.4 Å². The van der Waals surface area contributed by atoms with Crippen LogP contribution in [0.5, 0.6) is 0 Å². The van der Waals surface area contributed by atoms with E-state index in [2.05, 4.69) is 18.7 Å². The van der Waals surface area contributed by atoms with Crippen LogP contribution in [0.25, 0.3) is 0 Å². The van der Waals surface area contributed by atoms with Gasteiger partial charge in [0.2, 0.25) is 0 Å². The summed E-state index contributed by atoms with van der Waals surface area (Å²) in [6.45, 7) is 6.29. The number of hydrogen-bond acceptors (Lipinski definition) is 3. The van der Waals surface area contributed by atoms with Crippen LogP contribution in [0.1, 0.15) is 46.0 Å². The minimum absolute atomic E-state index is 0.0746. The van der Waals surface area contributed by atoms with Crippen LogP contribution in [0, 0.1) is 0 Å². The molecule has 4 atom stereocenters. The van der Waals surface area contributed by atoms with Crippen molar-refractivity contribution in [3.63, 3.8) is 0 Å². The fraction of sp³-hybridized carbons (Fsp3) is 1.00. The predicted molar refractivity (Wildman–Crippen MR) is 64.5 cm³/mol. The molecule has 1 saturated carbocycles. The van der Waals surface area contributed by atoms with Crippen molar-refractivity contribution < 1.29 is 9.84 Å². The van der Waals surface area contributed by atoms with Crippen molar-refractivity contribution in [2.75, 3.05) is 13.2 Å². The molecule has 0 aromatic rings. The van der Waals surface area contributed by atoms with E-state index in [4.69, 9.17) is 4.74 Å². The Morgan fingerprint density at radius 3 is 2.88 bits per heavy atom. The highest BCUT2D eigenvalue weighted by Gasteiger charge is 2.33. The van der Waals surface area contributed by atoms with Gasteiger partial charge in [0.15, 0.2) is 0 Å². The molecular weight excluding hydrogens is 202 g/mol. The van der Waals surface area contributed by atoms with Crippen LogP contribution in [0.15, 0.2) is 0 Å². The molecule has 1 heterocycles. The first-order valence-corrected chi connectivity index (χ1v) is 6.76. The second-order valence-corrected chi connectivity index (χ2v) is 5.38. The summed E-state index contributed by atoms with van der Waals surface area (Å²) in [5, 5.41) is 9.78. The largest absolute Gasteiger partial charge is 0.393 e. The summed E-state index contributed by atoms with van der Waals surface area (Å²) in [5.74, 6) is 0. The molecule has 0 spiro atoms. The first kappa shape index (κ1) is 12.3. The zero-order valence-electron chi connectivity index (χ0n) is 10.6. The minimum Gasteiger partial charge on any atom is -0.393 e. The third-order valence-electron chi connectivity index (χ3n) is 4.07. The highest BCUT2D eigenvalue weighted by Crippen LogP contribution is 2.27. The van der Waals surface area contributed by atoms with Crippen molar-refractivity contribution in [2.24, 2.45) is 0 Å². The van der Waals surface area contributed by atoms with Gasteiger partial charge in [-0.15, -0.1) is 0 Å². The number of aliphatic hydroxyl groups is 1. The van der Waals surface area contributed by atoms with E-state index in [0.29, 0.717) is 18.2 Å². The van der Waals surface area contributed by atoms with Gasteiger partial charge < -0.3 is 9.84 Å². The molecule has 1 saturated heterocycles. The Morgan fingerprint density at radius 2 is 2.19 bits per heavy atom. The van der Waals surface area contributed by atoms with Gasteiger partial charge in [-0.2, -0.15) is 0 Å². The average Bonchev–Trinajstić information content (AvgIpc) is 2.29. The smallest absolute Gasteiger partial charge is 0.0674 e. The van der Waals surface area contributed by atoms with Gasteiger partial charge in [-0.05, 0) is 39.0 Å². The molecule has 0 radical (unpaired) electrons. The number of nitrogens with zero attached hydrogens (tertiary/aromatic N) is 1. The lowest BCUT2D eigenvalue weighted by molar-refractivity contribution is -0.0849. The van der Waals surface area contributed by atoms with Crippen molar-refractivity contribution in [3.05, 3.63) is 0 Å². The quantitative estimate of drug-likeness (QED) is 0.780. The minimum atomic E-state index is -0.0746. The van der Waals surface area contributed by atoms with E-state index in [-0.39, 0.29) is 6.10 Å². The number of aliphatic hydroxyl groups excluding tert-OH is 1. The molecule has 2 rings (SSSR count). The molecule has 0 aromatic carbocycles. The molecule has 3 nitrogen and oxygen atoms in total. The average molecular weight is 227 g/mol. The normalized spacial score (nSPS) is 42.2. The molecule has 2 fully saturated rings. The number of morpholine rings is 1. The van der Waals surface area contributed by atoms with Gasteiger partial charge in [0.05, 0.1) is 18.8 Å². The highest BCUT2D eigenvalue weighted by molar-refractivity contribution is 4.87. The van der Waals surface area contributed by atoms with E-state index >= 15 is 0 Å². The van der Waals surface area contributed by atoms with Crippen LogP contribution in [0.3, 0.4) is 0 Å². The second-order valence-electron chi connectivity index (χ2n) is 5.38. The van der Waals surface area contributed by atoms with Crippen LogP contribution < -0.4 is 0 Å². The maximum Gasteiger partial charge on any atom is 0.0674 e. The Balaban J connectivity index is 1.98. The maximum atomic E-state index is 9.78. The summed E-state index contributed by atoms with van der Waals surface area (Å²) in [6, 6.07) is 1.14. The molecule has 0 bridgehead atoms. The maximum absolute atomic E-state index is 9.78. The van der Waals surface area contributed by atoms with Gasteiger partial charge in [-0.1, -0.05) is 6.92 Å². The monoisotopic (exact) mass is 227 g/mol. The third-order valence-corrected chi connectivity index (χ3v) is 4.07. The standard InChI is InChI=1S/C13H25NO2/c1-3-11-9-16-10(2)8-14(11)12-5-4-6-13(15)7-12/h10-13,15H,3-9H2,1-2H3. The predicted octanol–water partition coefficient (Wildman–Crippen LogP) is 1.79. The Morgan fingerprint density at radius 1 is 1.38 bits per heavy atom. The molecule has 16 heavy (non-hydrogen) atoms. The van der Waals surface area contributed by atoms with Crippen LogP contribution >= 0.6 is 0 Å². The number of ether oxygens (including phenoxy) is 1. The fourth-order valence-corrected chi connectivity index (χ4v) is 3.11. The van der Waals surface area contributed by atoms with Crippen LogP contribution in [-0.4, -0.2) is 47.4 Å². The van der Waals surface area contributed by atoms with Crippen molar-refractivity contribution in [1.82, 2.24) is 4.90 Å². The topological polar surface area (TPSA) is 32.7 Å². The lowest BCUT2D eigenvalue weighted by Gasteiger charge is -2.45. The Hall–Kier alpha value is -0.120. The second kappa shape index (κ2) is 5.48. The molecule has 1 aliphatic heterocycles. The van der Waals surface area contributed by atoms with E-state index in [1.54, 1.807) is 0 Å². The number of hydrogen-bond donors (Lipinski definition) is 1. The molecule has 0 amide bonds. The van der Waals surface area contributed by atoms with Gasteiger partial charge in [0.1, 0.15) is 0 Å². The van der Waals surface area contributed by atoms with Crippen molar-refractivity contribution in [1.29, 1.82) is 0 Å². The van der Waals surface area contributed by atoms with Crippen LogP contribution in [0.4, 0.5) is 0 Å². The first-order chi connectivity index (χ1) is 7.70. The number of rotatable bonds is 2. The molecule has 0 aromatic heterocycles. The van der Waals surface area contributed by atoms with Gasteiger partial charge in [-0.25, -0.2) is 0 Å².